The Balaban J connectivity index is 2.62. The lowest BCUT2D eigenvalue weighted by Crippen LogP contribution is -2.41. The standard InChI is InChI=1S/C17H31BrN2O3Si/c1-17(2,3)24(5,6)23-12-10-20-14(13-16(18)19-20)15(21)9-7-8-11-22-4/h13H,7-12H2,1-6H3. The zero-order valence-corrected chi connectivity index (χ0v) is 18.4. The highest BCUT2D eigenvalue weighted by Gasteiger charge is 2.36. The molecule has 1 aromatic heterocycles. The number of hydrogen-bond acceptors (Lipinski definition) is 4. The van der Waals surface area contributed by atoms with Gasteiger partial charge in [-0.15, -0.1) is 0 Å². The van der Waals surface area contributed by atoms with Gasteiger partial charge < -0.3 is 9.16 Å². The summed E-state index contributed by atoms with van der Waals surface area (Å²) in [6.07, 6.45) is 2.24. The Morgan fingerprint density at radius 2 is 1.96 bits per heavy atom. The predicted molar refractivity (Wildman–Crippen MR) is 103 cm³/mol. The van der Waals surface area contributed by atoms with Crippen LogP contribution in [0.1, 0.15) is 50.5 Å². The van der Waals surface area contributed by atoms with Crippen molar-refractivity contribution in [2.24, 2.45) is 0 Å². The number of ether oxygens (including phenoxy) is 1. The van der Waals surface area contributed by atoms with E-state index in [-0.39, 0.29) is 10.8 Å². The van der Waals surface area contributed by atoms with Crippen molar-refractivity contribution in [3.05, 3.63) is 16.4 Å². The first kappa shape index (κ1) is 21.5. The highest BCUT2D eigenvalue weighted by Crippen LogP contribution is 2.36. The summed E-state index contributed by atoms with van der Waals surface area (Å²) in [4.78, 5) is 12.4. The summed E-state index contributed by atoms with van der Waals surface area (Å²) in [5.74, 6) is 0.122. The number of unbranched alkanes of at least 4 members (excludes halogenated alkanes) is 1. The smallest absolute Gasteiger partial charge is 0.192 e. The lowest BCUT2D eigenvalue weighted by Gasteiger charge is -2.36. The van der Waals surface area contributed by atoms with Gasteiger partial charge in [-0.3, -0.25) is 9.48 Å². The fourth-order valence-electron chi connectivity index (χ4n) is 2.04. The van der Waals surface area contributed by atoms with E-state index in [4.69, 9.17) is 9.16 Å². The van der Waals surface area contributed by atoms with Crippen molar-refractivity contribution in [2.75, 3.05) is 20.3 Å². The van der Waals surface area contributed by atoms with E-state index in [0.717, 1.165) is 12.8 Å². The van der Waals surface area contributed by atoms with Crippen molar-refractivity contribution in [1.29, 1.82) is 0 Å². The average Bonchev–Trinajstić information content (AvgIpc) is 2.83. The Hall–Kier alpha value is -0.503. The third-order valence-corrected chi connectivity index (χ3v) is 9.54. The minimum absolute atomic E-state index is 0.122. The van der Waals surface area contributed by atoms with Crippen LogP contribution in [0, 0.1) is 0 Å². The molecule has 0 spiro atoms. The number of rotatable bonds is 10. The molecule has 0 aliphatic rings. The van der Waals surface area contributed by atoms with Crippen LogP contribution in [-0.2, 0) is 15.7 Å². The minimum Gasteiger partial charge on any atom is -0.415 e. The number of halogens is 1. The fourth-order valence-corrected chi connectivity index (χ4v) is 3.49. The second-order valence-corrected chi connectivity index (χ2v) is 13.2. The molecule has 0 saturated carbocycles. The van der Waals surface area contributed by atoms with E-state index in [1.165, 1.54) is 0 Å². The van der Waals surface area contributed by atoms with E-state index >= 15 is 0 Å². The van der Waals surface area contributed by atoms with E-state index in [2.05, 4.69) is 54.9 Å². The molecule has 138 valence electrons. The summed E-state index contributed by atoms with van der Waals surface area (Å²) in [5, 5.41) is 4.56. The highest BCUT2D eigenvalue weighted by atomic mass is 79.9. The Bertz CT molecular complexity index is 538. The van der Waals surface area contributed by atoms with E-state index in [1.54, 1.807) is 17.9 Å². The number of ketones is 1. The molecule has 0 amide bonds. The molecule has 24 heavy (non-hydrogen) atoms. The molecule has 1 heterocycles. The van der Waals surface area contributed by atoms with Gasteiger partial charge in [0.1, 0.15) is 10.3 Å². The summed E-state index contributed by atoms with van der Waals surface area (Å²) in [7, 11) is -0.101. The Kier molecular flexibility index (Phi) is 8.32. The van der Waals surface area contributed by atoms with Crippen LogP contribution in [0.2, 0.25) is 18.1 Å². The first-order chi connectivity index (χ1) is 11.1. The number of aromatic nitrogens is 2. The van der Waals surface area contributed by atoms with E-state index in [9.17, 15) is 4.79 Å². The molecule has 1 rings (SSSR count). The van der Waals surface area contributed by atoms with E-state index in [1.807, 2.05) is 0 Å². The van der Waals surface area contributed by atoms with Gasteiger partial charge in [-0.05, 0) is 46.9 Å². The normalized spacial score (nSPS) is 12.6. The maximum absolute atomic E-state index is 12.4. The summed E-state index contributed by atoms with van der Waals surface area (Å²) in [6, 6.07) is 1.80. The quantitative estimate of drug-likeness (QED) is 0.314. The SMILES string of the molecule is COCCCCC(=O)c1cc(Br)nn1CCO[Si](C)(C)C(C)(C)C. The monoisotopic (exact) mass is 418 g/mol. The number of carbonyl (C=O) groups is 1. The van der Waals surface area contributed by atoms with Gasteiger partial charge in [0.05, 0.1) is 13.2 Å². The predicted octanol–water partition coefficient (Wildman–Crippen LogP) is 4.67. The number of hydrogen-bond donors (Lipinski definition) is 0. The van der Waals surface area contributed by atoms with E-state index in [0.29, 0.717) is 36.5 Å². The third kappa shape index (κ3) is 6.42. The van der Waals surface area contributed by atoms with Crippen LogP contribution in [0.25, 0.3) is 0 Å². The largest absolute Gasteiger partial charge is 0.415 e. The molecule has 0 aromatic carbocycles. The highest BCUT2D eigenvalue weighted by molar-refractivity contribution is 9.10. The third-order valence-electron chi connectivity index (χ3n) is 4.61. The lowest BCUT2D eigenvalue weighted by atomic mass is 10.1. The molecule has 1 aromatic rings. The summed E-state index contributed by atoms with van der Waals surface area (Å²) >= 11 is 3.37. The molecule has 7 heteroatoms. The fraction of sp³-hybridized carbons (Fsp3) is 0.765. The van der Waals surface area contributed by atoms with Gasteiger partial charge in [0.25, 0.3) is 0 Å². The molecule has 0 bridgehead atoms. The molecular formula is C17H31BrN2O3Si. The van der Waals surface area contributed by atoms with Crippen LogP contribution in [0.4, 0.5) is 0 Å². The van der Waals surface area contributed by atoms with Gasteiger partial charge in [-0.25, -0.2) is 0 Å². The van der Waals surface area contributed by atoms with Crippen molar-refractivity contribution in [1.82, 2.24) is 9.78 Å². The molecule has 0 saturated heterocycles. The van der Waals surface area contributed by atoms with Gasteiger partial charge in [0.15, 0.2) is 14.1 Å². The number of methoxy groups -OCH3 is 1. The number of nitrogens with zero attached hydrogens (tertiary/aromatic N) is 2. The van der Waals surface area contributed by atoms with Gasteiger partial charge in [0.2, 0.25) is 0 Å². The number of carbonyl (C=O) groups excluding carboxylic acids is 1. The molecule has 0 unspecified atom stereocenters. The van der Waals surface area contributed by atoms with Crippen LogP contribution in [0.3, 0.4) is 0 Å². The van der Waals surface area contributed by atoms with Crippen LogP contribution in [-0.4, -0.2) is 44.2 Å². The molecule has 0 atom stereocenters. The Morgan fingerprint density at radius 1 is 1.29 bits per heavy atom. The van der Waals surface area contributed by atoms with E-state index < -0.39 is 8.32 Å². The van der Waals surface area contributed by atoms with Gasteiger partial charge in [0, 0.05) is 26.2 Å². The molecule has 5 nitrogen and oxygen atoms in total. The van der Waals surface area contributed by atoms with Crippen molar-refractivity contribution >= 4 is 30.0 Å². The molecule has 0 aliphatic carbocycles. The topological polar surface area (TPSA) is 53.3 Å². The van der Waals surface area contributed by atoms with Crippen molar-refractivity contribution in [3.63, 3.8) is 0 Å². The molecule has 0 radical (unpaired) electrons. The zero-order chi connectivity index (χ0) is 18.4. The molecule has 0 fully saturated rings. The van der Waals surface area contributed by atoms with Crippen molar-refractivity contribution in [2.45, 2.75) is 64.7 Å². The van der Waals surface area contributed by atoms with Crippen LogP contribution >= 0.6 is 15.9 Å². The Morgan fingerprint density at radius 3 is 2.54 bits per heavy atom. The van der Waals surface area contributed by atoms with Crippen molar-refractivity contribution < 1.29 is 14.0 Å². The summed E-state index contributed by atoms with van der Waals surface area (Å²) < 4.78 is 13.7. The first-order valence-electron chi connectivity index (χ1n) is 8.48. The second kappa shape index (κ2) is 9.27. The van der Waals surface area contributed by atoms with Crippen molar-refractivity contribution in [3.8, 4) is 0 Å². The maximum atomic E-state index is 12.4. The first-order valence-corrected chi connectivity index (χ1v) is 12.2. The zero-order valence-electron chi connectivity index (χ0n) is 15.8. The van der Waals surface area contributed by atoms with Gasteiger partial charge in [-0.2, -0.15) is 5.10 Å². The van der Waals surface area contributed by atoms with Gasteiger partial charge in [-0.1, -0.05) is 20.8 Å². The summed E-state index contributed by atoms with van der Waals surface area (Å²) in [5.41, 5.74) is 0.651. The minimum atomic E-state index is -1.78. The number of Topliss-reactive ketones (excluding diaryl/α,β-unsaturated/α-hetero) is 1. The molecular weight excluding hydrogens is 388 g/mol. The average molecular weight is 419 g/mol. The maximum Gasteiger partial charge on any atom is 0.192 e. The van der Waals surface area contributed by atoms with Crippen LogP contribution in [0.5, 0.6) is 0 Å². The molecule has 0 aliphatic heterocycles. The van der Waals surface area contributed by atoms with Crippen LogP contribution < -0.4 is 0 Å². The Labute approximate surface area is 155 Å². The van der Waals surface area contributed by atoms with Crippen LogP contribution in [0.15, 0.2) is 10.7 Å². The lowest BCUT2D eigenvalue weighted by molar-refractivity contribution is 0.0963. The van der Waals surface area contributed by atoms with Gasteiger partial charge >= 0.3 is 0 Å². The second-order valence-electron chi connectivity index (χ2n) is 7.56. The summed E-state index contributed by atoms with van der Waals surface area (Å²) in [6.45, 7) is 13.0. The molecule has 0 N–H and O–H groups in total.